The van der Waals surface area contributed by atoms with Crippen LogP contribution in [0.1, 0.15) is 21.5 Å². The van der Waals surface area contributed by atoms with Gasteiger partial charge in [-0.15, -0.1) is 10.2 Å². The molecule has 43 heavy (non-hydrogen) atoms. The Morgan fingerprint density at radius 3 is 2.30 bits per heavy atom. The molecule has 0 spiro atoms. The van der Waals surface area contributed by atoms with E-state index in [9.17, 15) is 9.59 Å². The molecule has 3 aromatic carbocycles. The summed E-state index contributed by atoms with van der Waals surface area (Å²) in [5, 5.41) is 8.86. The molecule has 2 amide bonds. The summed E-state index contributed by atoms with van der Waals surface area (Å²) in [4.78, 5) is 32.6. The van der Waals surface area contributed by atoms with Gasteiger partial charge in [0.05, 0.1) is 12.8 Å². The third kappa shape index (κ3) is 6.38. The lowest BCUT2D eigenvalue weighted by atomic mass is 10.1. The number of aryl methyl sites for hydroxylation is 1. The number of carbonyl (C=O) groups excluding carboxylic acids is 2. The van der Waals surface area contributed by atoms with E-state index in [-0.39, 0.29) is 31.7 Å². The molecular formula is C33H33N5O5. The molecule has 0 saturated carbocycles. The van der Waals surface area contributed by atoms with Crippen molar-refractivity contribution in [3.05, 3.63) is 95.6 Å². The van der Waals surface area contributed by atoms with Gasteiger partial charge in [0.15, 0.2) is 17.3 Å². The lowest BCUT2D eigenvalue weighted by molar-refractivity contribution is -0.132. The molecule has 2 aliphatic rings. The van der Waals surface area contributed by atoms with Crippen LogP contribution in [-0.4, -0.2) is 78.4 Å². The van der Waals surface area contributed by atoms with Crippen LogP contribution in [-0.2, 0) is 11.3 Å². The van der Waals surface area contributed by atoms with Gasteiger partial charge in [-0.25, -0.2) is 0 Å². The number of carbonyl (C=O) groups is 2. The van der Waals surface area contributed by atoms with E-state index in [1.54, 1.807) is 24.1 Å². The Balaban J connectivity index is 1.10. The van der Waals surface area contributed by atoms with Crippen molar-refractivity contribution in [1.82, 2.24) is 20.0 Å². The number of hydrogen-bond donors (Lipinski definition) is 0. The second-order valence-corrected chi connectivity index (χ2v) is 10.6. The normalized spacial score (nSPS) is 14.0. The first-order valence-corrected chi connectivity index (χ1v) is 14.2. The molecular weight excluding hydrogens is 546 g/mol. The number of benzene rings is 3. The number of rotatable bonds is 8. The quantitative estimate of drug-likeness (QED) is 0.307. The van der Waals surface area contributed by atoms with Crippen molar-refractivity contribution in [1.29, 1.82) is 0 Å². The highest BCUT2D eigenvalue weighted by atomic mass is 16.7. The van der Waals surface area contributed by atoms with Gasteiger partial charge in [-0.2, -0.15) is 0 Å². The minimum absolute atomic E-state index is 0.0302. The standard InChI is InChI=1S/C33H33N5O5/c1-23-3-6-26(7-4-23)33(40)38(20-24-5-13-29-30(19-24)43-22-42-29)21-32(39)37-17-15-36(16-18-37)31-14-12-28(34-35-31)25-8-10-27(41-2)11-9-25/h3-14,19H,15-18,20-22H2,1-2H3. The van der Waals surface area contributed by atoms with E-state index in [2.05, 4.69) is 15.1 Å². The third-order valence-electron chi connectivity index (χ3n) is 7.71. The van der Waals surface area contributed by atoms with Gasteiger partial charge in [-0.3, -0.25) is 9.59 Å². The fraction of sp³-hybridized carbons (Fsp3) is 0.273. The van der Waals surface area contributed by atoms with Gasteiger partial charge in [0.2, 0.25) is 12.7 Å². The molecule has 0 aliphatic carbocycles. The van der Waals surface area contributed by atoms with Gasteiger partial charge in [-0.1, -0.05) is 23.8 Å². The topological polar surface area (TPSA) is 97.3 Å². The Hall–Kier alpha value is -5.12. The van der Waals surface area contributed by atoms with E-state index in [1.165, 1.54) is 0 Å². The maximum Gasteiger partial charge on any atom is 0.254 e. The van der Waals surface area contributed by atoms with E-state index < -0.39 is 0 Å². The largest absolute Gasteiger partial charge is 0.497 e. The zero-order valence-corrected chi connectivity index (χ0v) is 24.2. The Morgan fingerprint density at radius 2 is 1.60 bits per heavy atom. The highest BCUT2D eigenvalue weighted by Gasteiger charge is 2.27. The summed E-state index contributed by atoms with van der Waals surface area (Å²) < 4.78 is 16.2. The first-order valence-electron chi connectivity index (χ1n) is 14.2. The molecule has 10 heteroatoms. The smallest absolute Gasteiger partial charge is 0.254 e. The SMILES string of the molecule is COc1ccc(-c2ccc(N3CCN(C(=O)CN(Cc4ccc5c(c4)OCO5)C(=O)c4ccc(C)cc4)CC3)nn2)cc1. The van der Waals surface area contributed by atoms with Crippen LogP contribution < -0.4 is 19.1 Å². The number of piperazine rings is 1. The fourth-order valence-electron chi connectivity index (χ4n) is 5.20. The van der Waals surface area contributed by atoms with E-state index in [4.69, 9.17) is 14.2 Å². The Labute approximate surface area is 250 Å². The summed E-state index contributed by atoms with van der Waals surface area (Å²) in [7, 11) is 1.64. The van der Waals surface area contributed by atoms with Gasteiger partial charge in [-0.05, 0) is 73.2 Å². The minimum Gasteiger partial charge on any atom is -0.497 e. The van der Waals surface area contributed by atoms with Crippen molar-refractivity contribution in [2.45, 2.75) is 13.5 Å². The molecule has 6 rings (SSSR count). The molecule has 3 heterocycles. The first-order chi connectivity index (χ1) is 21.0. The van der Waals surface area contributed by atoms with Gasteiger partial charge in [0, 0.05) is 43.9 Å². The minimum atomic E-state index is -0.197. The van der Waals surface area contributed by atoms with Crippen molar-refractivity contribution >= 4 is 17.6 Å². The van der Waals surface area contributed by atoms with Crippen LogP contribution in [0.4, 0.5) is 5.82 Å². The molecule has 0 atom stereocenters. The molecule has 2 aliphatic heterocycles. The highest BCUT2D eigenvalue weighted by molar-refractivity contribution is 5.96. The van der Waals surface area contributed by atoms with Crippen LogP contribution >= 0.6 is 0 Å². The van der Waals surface area contributed by atoms with E-state index >= 15 is 0 Å². The fourth-order valence-corrected chi connectivity index (χ4v) is 5.20. The second-order valence-electron chi connectivity index (χ2n) is 10.6. The summed E-state index contributed by atoms with van der Waals surface area (Å²) in [6.45, 7) is 4.68. The lowest BCUT2D eigenvalue weighted by Gasteiger charge is -2.36. The molecule has 4 aromatic rings. The summed E-state index contributed by atoms with van der Waals surface area (Å²) in [6, 6.07) is 24.6. The van der Waals surface area contributed by atoms with Crippen LogP contribution in [0, 0.1) is 6.92 Å². The maximum atomic E-state index is 13.6. The monoisotopic (exact) mass is 579 g/mol. The molecule has 0 N–H and O–H groups in total. The van der Waals surface area contributed by atoms with Crippen LogP contribution in [0.3, 0.4) is 0 Å². The van der Waals surface area contributed by atoms with Crippen LogP contribution in [0.5, 0.6) is 17.2 Å². The molecule has 1 saturated heterocycles. The summed E-state index contributed by atoms with van der Waals surface area (Å²) in [5.74, 6) is 2.58. The molecule has 1 aromatic heterocycles. The number of methoxy groups -OCH3 is 1. The third-order valence-corrected chi connectivity index (χ3v) is 7.71. The van der Waals surface area contributed by atoms with Crippen molar-refractivity contribution in [3.63, 3.8) is 0 Å². The van der Waals surface area contributed by atoms with Crippen molar-refractivity contribution < 1.29 is 23.8 Å². The van der Waals surface area contributed by atoms with Gasteiger partial charge >= 0.3 is 0 Å². The van der Waals surface area contributed by atoms with E-state index in [0.29, 0.717) is 43.2 Å². The Kier molecular flexibility index (Phi) is 8.08. The van der Waals surface area contributed by atoms with Gasteiger partial charge in [0.1, 0.15) is 12.3 Å². The number of aromatic nitrogens is 2. The molecule has 0 radical (unpaired) electrons. The van der Waals surface area contributed by atoms with Gasteiger partial charge in [0.25, 0.3) is 5.91 Å². The number of amides is 2. The van der Waals surface area contributed by atoms with Crippen LogP contribution in [0.15, 0.2) is 78.9 Å². The number of nitrogens with zero attached hydrogens (tertiary/aromatic N) is 5. The van der Waals surface area contributed by atoms with E-state index in [1.807, 2.05) is 78.6 Å². The van der Waals surface area contributed by atoms with Crippen molar-refractivity contribution in [3.8, 4) is 28.5 Å². The predicted molar refractivity (Wildman–Crippen MR) is 161 cm³/mol. The zero-order valence-electron chi connectivity index (χ0n) is 24.2. The zero-order chi connectivity index (χ0) is 29.8. The predicted octanol–water partition coefficient (Wildman–Crippen LogP) is 4.18. The summed E-state index contributed by atoms with van der Waals surface area (Å²) in [6.07, 6.45) is 0. The summed E-state index contributed by atoms with van der Waals surface area (Å²) >= 11 is 0. The van der Waals surface area contributed by atoms with Crippen LogP contribution in [0.2, 0.25) is 0 Å². The van der Waals surface area contributed by atoms with Crippen molar-refractivity contribution in [2.24, 2.45) is 0 Å². The average Bonchev–Trinajstić information content (AvgIpc) is 3.53. The van der Waals surface area contributed by atoms with Gasteiger partial charge < -0.3 is 28.9 Å². The van der Waals surface area contributed by atoms with E-state index in [0.717, 1.165) is 34.0 Å². The number of anilines is 1. The number of ether oxygens (including phenoxy) is 3. The molecule has 0 bridgehead atoms. The average molecular weight is 580 g/mol. The highest BCUT2D eigenvalue weighted by Crippen LogP contribution is 2.33. The number of fused-ring (bicyclic) bond motifs is 1. The molecule has 220 valence electrons. The van der Waals surface area contributed by atoms with Crippen LogP contribution in [0.25, 0.3) is 11.3 Å². The number of hydrogen-bond acceptors (Lipinski definition) is 8. The molecule has 0 unspecified atom stereocenters. The molecule has 10 nitrogen and oxygen atoms in total. The Morgan fingerprint density at radius 1 is 0.860 bits per heavy atom. The molecule has 1 fully saturated rings. The lowest BCUT2D eigenvalue weighted by Crippen LogP contribution is -2.52. The maximum absolute atomic E-state index is 13.6. The Bertz CT molecular complexity index is 1580. The summed E-state index contributed by atoms with van der Waals surface area (Å²) in [5.41, 5.74) is 4.20. The van der Waals surface area contributed by atoms with Crippen molar-refractivity contribution in [2.75, 3.05) is 51.5 Å². The second kappa shape index (κ2) is 12.4. The first kappa shape index (κ1) is 28.0.